The summed E-state index contributed by atoms with van der Waals surface area (Å²) in [4.78, 5) is 26.3. The third kappa shape index (κ3) is 3.36. The molecular weight excluding hydrogens is 338 g/mol. The van der Waals surface area contributed by atoms with Crippen LogP contribution in [-0.4, -0.2) is 36.5 Å². The first-order chi connectivity index (χ1) is 13.2. The predicted octanol–water partition coefficient (Wildman–Crippen LogP) is 4.63. The summed E-state index contributed by atoms with van der Waals surface area (Å²) in [5.74, 6) is 0.273. The van der Waals surface area contributed by atoms with Crippen LogP contribution < -0.4 is 0 Å². The Morgan fingerprint density at radius 3 is 2.30 bits per heavy atom. The highest BCUT2D eigenvalue weighted by molar-refractivity contribution is 5.82. The summed E-state index contributed by atoms with van der Waals surface area (Å²) < 4.78 is 5.72. The van der Waals surface area contributed by atoms with Crippen molar-refractivity contribution in [2.24, 2.45) is 5.92 Å². The Balaban J connectivity index is 1.46. The summed E-state index contributed by atoms with van der Waals surface area (Å²) in [5, 5.41) is 0. The first kappa shape index (κ1) is 17.8. The van der Waals surface area contributed by atoms with Crippen molar-refractivity contribution in [2.45, 2.75) is 32.1 Å². The van der Waals surface area contributed by atoms with Gasteiger partial charge in [-0.25, -0.2) is 4.79 Å². The van der Waals surface area contributed by atoms with Crippen molar-refractivity contribution in [3.63, 3.8) is 0 Å². The highest BCUT2D eigenvalue weighted by Crippen LogP contribution is 2.44. The standard InChI is InChI=1S/C23H25NO3/c1-2-22(25)16-8-7-13-24(14-16)23(26)27-15-21-19-11-5-3-9-17(19)18-10-4-6-12-20(18)21/h3-6,9-12,16,21H,2,7-8,13-15H2,1H3. The maximum absolute atomic E-state index is 12.6. The van der Waals surface area contributed by atoms with Crippen LogP contribution in [0.1, 0.15) is 43.2 Å². The number of hydrogen-bond acceptors (Lipinski definition) is 3. The summed E-state index contributed by atoms with van der Waals surface area (Å²) in [7, 11) is 0. The number of carbonyl (C=O) groups excluding carboxylic acids is 2. The molecule has 0 N–H and O–H groups in total. The molecule has 1 heterocycles. The first-order valence-electron chi connectivity index (χ1n) is 9.81. The Kier molecular flexibility index (Phi) is 4.97. The number of likely N-dealkylation sites (tertiary alicyclic amines) is 1. The molecular formula is C23H25NO3. The van der Waals surface area contributed by atoms with Gasteiger partial charge in [-0.3, -0.25) is 4.79 Å². The Bertz CT molecular complexity index is 815. The van der Waals surface area contributed by atoms with Gasteiger partial charge in [-0.05, 0) is 35.1 Å². The number of benzene rings is 2. The van der Waals surface area contributed by atoms with Crippen LogP contribution in [0.2, 0.25) is 0 Å². The molecule has 1 fully saturated rings. The number of piperidine rings is 1. The van der Waals surface area contributed by atoms with Crippen molar-refractivity contribution in [1.29, 1.82) is 0 Å². The Hall–Kier alpha value is -2.62. The van der Waals surface area contributed by atoms with Gasteiger partial charge < -0.3 is 9.64 Å². The Morgan fingerprint density at radius 2 is 1.67 bits per heavy atom. The number of fused-ring (bicyclic) bond motifs is 3. The van der Waals surface area contributed by atoms with Crippen molar-refractivity contribution in [2.75, 3.05) is 19.7 Å². The second kappa shape index (κ2) is 7.55. The van der Waals surface area contributed by atoms with Crippen LogP contribution >= 0.6 is 0 Å². The van der Waals surface area contributed by atoms with Gasteiger partial charge in [0.1, 0.15) is 12.4 Å². The van der Waals surface area contributed by atoms with Crippen molar-refractivity contribution >= 4 is 11.9 Å². The highest BCUT2D eigenvalue weighted by Gasteiger charge is 2.31. The summed E-state index contributed by atoms with van der Waals surface area (Å²) in [6.45, 7) is 3.37. The zero-order valence-electron chi connectivity index (χ0n) is 15.7. The van der Waals surface area contributed by atoms with Gasteiger partial charge in [0.2, 0.25) is 0 Å². The molecule has 27 heavy (non-hydrogen) atoms. The summed E-state index contributed by atoms with van der Waals surface area (Å²) in [5.41, 5.74) is 4.87. The molecule has 0 radical (unpaired) electrons. The molecule has 1 atom stereocenters. The molecule has 4 heteroatoms. The highest BCUT2D eigenvalue weighted by atomic mass is 16.6. The molecule has 0 saturated carbocycles. The number of ether oxygens (including phenoxy) is 1. The van der Waals surface area contributed by atoms with Gasteiger partial charge in [-0.1, -0.05) is 55.5 Å². The number of hydrogen-bond donors (Lipinski definition) is 0. The molecule has 2 aliphatic rings. The molecule has 4 rings (SSSR count). The summed E-state index contributed by atoms with van der Waals surface area (Å²) >= 11 is 0. The van der Waals surface area contributed by atoms with Gasteiger partial charge in [0.15, 0.2) is 0 Å². The molecule has 2 aromatic carbocycles. The SMILES string of the molecule is CCC(=O)C1CCCN(C(=O)OCC2c3ccccc3-c3ccccc32)C1. The lowest BCUT2D eigenvalue weighted by Gasteiger charge is -2.31. The van der Waals surface area contributed by atoms with E-state index in [2.05, 4.69) is 24.3 Å². The van der Waals surface area contributed by atoms with E-state index in [4.69, 9.17) is 4.74 Å². The topological polar surface area (TPSA) is 46.6 Å². The zero-order valence-corrected chi connectivity index (χ0v) is 15.7. The fourth-order valence-corrected chi connectivity index (χ4v) is 4.38. The van der Waals surface area contributed by atoms with Gasteiger partial charge in [0.05, 0.1) is 0 Å². The van der Waals surface area contributed by atoms with E-state index in [1.807, 2.05) is 31.2 Å². The van der Waals surface area contributed by atoms with Gasteiger partial charge >= 0.3 is 6.09 Å². The predicted molar refractivity (Wildman–Crippen MR) is 105 cm³/mol. The van der Waals surface area contributed by atoms with Crippen molar-refractivity contribution in [3.05, 3.63) is 59.7 Å². The molecule has 1 unspecified atom stereocenters. The van der Waals surface area contributed by atoms with Crippen LogP contribution in [0.25, 0.3) is 11.1 Å². The van der Waals surface area contributed by atoms with E-state index in [-0.39, 0.29) is 23.7 Å². The van der Waals surface area contributed by atoms with Crippen LogP contribution in [-0.2, 0) is 9.53 Å². The maximum Gasteiger partial charge on any atom is 0.409 e. The molecule has 4 nitrogen and oxygen atoms in total. The molecule has 0 bridgehead atoms. The van der Waals surface area contributed by atoms with Crippen LogP contribution in [0, 0.1) is 5.92 Å². The number of ketones is 1. The van der Waals surface area contributed by atoms with E-state index in [9.17, 15) is 9.59 Å². The monoisotopic (exact) mass is 363 g/mol. The lowest BCUT2D eigenvalue weighted by Crippen LogP contribution is -2.42. The third-order valence-electron chi connectivity index (χ3n) is 5.82. The number of rotatable bonds is 4. The van der Waals surface area contributed by atoms with E-state index in [1.165, 1.54) is 22.3 Å². The number of amides is 1. The van der Waals surface area contributed by atoms with Crippen molar-refractivity contribution in [3.8, 4) is 11.1 Å². The van der Waals surface area contributed by atoms with Crippen LogP contribution in [0.5, 0.6) is 0 Å². The van der Waals surface area contributed by atoms with E-state index in [0.717, 1.165) is 12.8 Å². The summed E-state index contributed by atoms with van der Waals surface area (Å²) in [6, 6.07) is 16.6. The zero-order chi connectivity index (χ0) is 18.8. The van der Waals surface area contributed by atoms with Gasteiger partial charge in [-0.15, -0.1) is 0 Å². The molecule has 1 aliphatic carbocycles. The Morgan fingerprint density at radius 1 is 1.04 bits per heavy atom. The van der Waals surface area contributed by atoms with E-state index < -0.39 is 0 Å². The van der Waals surface area contributed by atoms with Crippen LogP contribution in [0.15, 0.2) is 48.5 Å². The quantitative estimate of drug-likeness (QED) is 0.796. The smallest absolute Gasteiger partial charge is 0.409 e. The minimum absolute atomic E-state index is 0.0377. The lowest BCUT2D eigenvalue weighted by atomic mass is 9.93. The molecule has 1 saturated heterocycles. The van der Waals surface area contributed by atoms with Crippen molar-refractivity contribution < 1.29 is 14.3 Å². The number of nitrogens with zero attached hydrogens (tertiary/aromatic N) is 1. The van der Waals surface area contributed by atoms with E-state index >= 15 is 0 Å². The van der Waals surface area contributed by atoms with E-state index in [0.29, 0.717) is 26.1 Å². The molecule has 1 amide bonds. The normalized spacial score (nSPS) is 18.7. The Labute approximate surface area is 160 Å². The average molecular weight is 363 g/mol. The number of carbonyl (C=O) groups is 2. The molecule has 0 spiro atoms. The summed E-state index contributed by atoms with van der Waals surface area (Å²) in [6.07, 6.45) is 1.97. The third-order valence-corrected chi connectivity index (χ3v) is 5.82. The first-order valence-corrected chi connectivity index (χ1v) is 9.81. The number of Topliss-reactive ketones (excluding diaryl/α,β-unsaturated/α-hetero) is 1. The second-order valence-corrected chi connectivity index (χ2v) is 7.41. The van der Waals surface area contributed by atoms with Crippen molar-refractivity contribution in [1.82, 2.24) is 4.90 Å². The fourth-order valence-electron chi connectivity index (χ4n) is 4.38. The van der Waals surface area contributed by atoms with Crippen LogP contribution in [0.3, 0.4) is 0 Å². The van der Waals surface area contributed by atoms with Gasteiger partial charge in [0.25, 0.3) is 0 Å². The van der Waals surface area contributed by atoms with Crippen LogP contribution in [0.4, 0.5) is 4.79 Å². The molecule has 0 aromatic heterocycles. The maximum atomic E-state index is 12.6. The minimum atomic E-state index is -0.300. The van der Waals surface area contributed by atoms with Gasteiger partial charge in [-0.2, -0.15) is 0 Å². The second-order valence-electron chi connectivity index (χ2n) is 7.41. The average Bonchev–Trinajstić information content (AvgIpc) is 3.05. The van der Waals surface area contributed by atoms with E-state index in [1.54, 1.807) is 4.90 Å². The minimum Gasteiger partial charge on any atom is -0.448 e. The molecule has 140 valence electrons. The largest absolute Gasteiger partial charge is 0.448 e. The lowest BCUT2D eigenvalue weighted by molar-refractivity contribution is -0.123. The molecule has 1 aliphatic heterocycles. The fraction of sp³-hybridized carbons (Fsp3) is 0.391. The molecule has 2 aromatic rings. The van der Waals surface area contributed by atoms with Gasteiger partial charge in [0, 0.05) is 31.3 Å².